The van der Waals surface area contributed by atoms with E-state index < -0.39 is 0 Å². The van der Waals surface area contributed by atoms with Gasteiger partial charge in [0.15, 0.2) is 0 Å². The Morgan fingerprint density at radius 2 is 1.67 bits per heavy atom. The molecule has 0 aromatic carbocycles. The molecule has 0 amide bonds. The summed E-state index contributed by atoms with van der Waals surface area (Å²) in [7, 11) is 10.6. The van der Waals surface area contributed by atoms with E-state index in [-0.39, 0.29) is 0 Å². The minimum Gasteiger partial charge on any atom is -0.281 e. The van der Waals surface area contributed by atoms with E-state index in [4.69, 9.17) is 0 Å². The molecule has 0 spiro atoms. The molecular formula is C8H20N4. The quantitative estimate of drug-likeness (QED) is 0.531. The van der Waals surface area contributed by atoms with Crippen LogP contribution < -0.4 is 0 Å². The molecule has 4 heteroatoms. The molecule has 1 fully saturated rings. The van der Waals surface area contributed by atoms with Crippen molar-refractivity contribution in [2.75, 3.05) is 48.3 Å². The number of nitrogens with zero attached hydrogens (tertiary/aromatic N) is 4. The van der Waals surface area contributed by atoms with Gasteiger partial charge in [-0.1, -0.05) is 0 Å². The minimum absolute atomic E-state index is 0.392. The topological polar surface area (TPSA) is 13.0 Å². The van der Waals surface area contributed by atoms with Crippen LogP contribution >= 0.6 is 0 Å². The highest BCUT2D eigenvalue weighted by Gasteiger charge is 2.28. The van der Waals surface area contributed by atoms with Crippen LogP contribution in [0.1, 0.15) is 0 Å². The van der Waals surface area contributed by atoms with Gasteiger partial charge in [-0.25, -0.2) is 10.0 Å². The predicted molar refractivity (Wildman–Crippen MR) is 50.5 cm³/mol. The average Bonchev–Trinajstić information content (AvgIpc) is 1.97. The molecule has 0 radical (unpaired) electrons. The van der Waals surface area contributed by atoms with Crippen LogP contribution in [0.15, 0.2) is 0 Å². The zero-order valence-corrected chi connectivity index (χ0v) is 8.78. The third-order valence-corrected chi connectivity index (χ3v) is 2.51. The molecule has 0 saturated carbocycles. The number of rotatable bonds is 1. The highest BCUT2D eigenvalue weighted by molar-refractivity contribution is 4.70. The Morgan fingerprint density at radius 3 is 2.08 bits per heavy atom. The van der Waals surface area contributed by atoms with Crippen LogP contribution in [0.2, 0.25) is 0 Å². The molecule has 0 bridgehead atoms. The first-order valence-electron chi connectivity index (χ1n) is 4.34. The van der Waals surface area contributed by atoms with Crippen LogP contribution in [0.5, 0.6) is 0 Å². The Morgan fingerprint density at radius 1 is 1.08 bits per heavy atom. The molecule has 1 rings (SSSR count). The summed E-state index contributed by atoms with van der Waals surface area (Å²) in [5, 5.41) is 4.51. The molecule has 1 atom stereocenters. The highest BCUT2D eigenvalue weighted by Crippen LogP contribution is 2.11. The maximum absolute atomic E-state index is 2.35. The summed E-state index contributed by atoms with van der Waals surface area (Å²) in [6, 6.07) is 0. The van der Waals surface area contributed by atoms with E-state index in [0.717, 1.165) is 13.1 Å². The van der Waals surface area contributed by atoms with E-state index >= 15 is 0 Å². The normalized spacial score (nSPS) is 30.0. The third kappa shape index (κ3) is 1.77. The van der Waals surface area contributed by atoms with E-state index in [2.05, 4.69) is 55.1 Å². The third-order valence-electron chi connectivity index (χ3n) is 2.51. The largest absolute Gasteiger partial charge is 0.281 e. The molecule has 12 heavy (non-hydrogen) atoms. The maximum atomic E-state index is 2.35. The minimum atomic E-state index is 0.392. The molecule has 0 aliphatic carbocycles. The van der Waals surface area contributed by atoms with Crippen molar-refractivity contribution in [3.63, 3.8) is 0 Å². The fourth-order valence-corrected chi connectivity index (χ4v) is 1.77. The summed E-state index contributed by atoms with van der Waals surface area (Å²) in [5.41, 5.74) is 0. The molecule has 0 aromatic heterocycles. The van der Waals surface area contributed by atoms with Gasteiger partial charge >= 0.3 is 0 Å². The van der Waals surface area contributed by atoms with Crippen molar-refractivity contribution in [3.05, 3.63) is 0 Å². The maximum Gasteiger partial charge on any atom is 0.131 e. The SMILES string of the molecule is CN(C)C1N(C)CCN(C)N1C. The Labute approximate surface area is 75.3 Å². The molecule has 1 aliphatic rings. The van der Waals surface area contributed by atoms with Crippen LogP contribution in [0.25, 0.3) is 0 Å². The van der Waals surface area contributed by atoms with Gasteiger partial charge in [0.1, 0.15) is 6.29 Å². The molecule has 1 unspecified atom stereocenters. The van der Waals surface area contributed by atoms with E-state index in [0.29, 0.717) is 6.29 Å². The molecule has 0 N–H and O–H groups in total. The van der Waals surface area contributed by atoms with Crippen molar-refractivity contribution in [2.24, 2.45) is 0 Å². The van der Waals surface area contributed by atoms with Crippen molar-refractivity contribution in [1.29, 1.82) is 0 Å². The molecular weight excluding hydrogens is 152 g/mol. The lowest BCUT2D eigenvalue weighted by molar-refractivity contribution is -0.165. The van der Waals surface area contributed by atoms with Gasteiger partial charge in [-0.2, -0.15) is 0 Å². The summed E-state index contributed by atoms with van der Waals surface area (Å²) < 4.78 is 0. The lowest BCUT2D eigenvalue weighted by atomic mass is 10.4. The molecule has 1 saturated heterocycles. The lowest BCUT2D eigenvalue weighted by Crippen LogP contribution is -2.63. The highest BCUT2D eigenvalue weighted by atomic mass is 15.7. The zero-order valence-electron chi connectivity index (χ0n) is 8.78. The van der Waals surface area contributed by atoms with E-state index in [1.807, 2.05) is 0 Å². The number of likely N-dealkylation sites (N-methyl/N-ethyl adjacent to an activating group) is 2. The van der Waals surface area contributed by atoms with Crippen LogP contribution in [-0.4, -0.2) is 74.4 Å². The van der Waals surface area contributed by atoms with E-state index in [1.165, 1.54) is 0 Å². The fraction of sp³-hybridized carbons (Fsp3) is 1.00. The van der Waals surface area contributed by atoms with Gasteiger partial charge in [-0.15, -0.1) is 0 Å². The number of hydrogen-bond acceptors (Lipinski definition) is 4. The van der Waals surface area contributed by atoms with Gasteiger partial charge in [0.2, 0.25) is 0 Å². The fourth-order valence-electron chi connectivity index (χ4n) is 1.77. The second kappa shape index (κ2) is 3.70. The first-order chi connectivity index (χ1) is 5.54. The van der Waals surface area contributed by atoms with Gasteiger partial charge in [0.25, 0.3) is 0 Å². The van der Waals surface area contributed by atoms with Crippen LogP contribution in [0.3, 0.4) is 0 Å². The summed E-state index contributed by atoms with van der Waals surface area (Å²) in [6.45, 7) is 2.24. The van der Waals surface area contributed by atoms with Crippen molar-refractivity contribution in [2.45, 2.75) is 6.29 Å². The van der Waals surface area contributed by atoms with Gasteiger partial charge < -0.3 is 0 Å². The second-order valence-corrected chi connectivity index (χ2v) is 3.75. The lowest BCUT2D eigenvalue weighted by Gasteiger charge is -2.48. The zero-order chi connectivity index (χ0) is 9.30. The summed E-state index contributed by atoms with van der Waals surface area (Å²) in [6.07, 6.45) is 0.392. The molecule has 1 aliphatic heterocycles. The molecule has 0 aromatic rings. The Hall–Kier alpha value is -0.160. The molecule has 72 valence electrons. The Bertz CT molecular complexity index is 148. The van der Waals surface area contributed by atoms with Crippen LogP contribution in [-0.2, 0) is 0 Å². The van der Waals surface area contributed by atoms with Crippen LogP contribution in [0, 0.1) is 0 Å². The number of hydrazine groups is 1. The van der Waals surface area contributed by atoms with Crippen molar-refractivity contribution in [1.82, 2.24) is 19.8 Å². The van der Waals surface area contributed by atoms with Crippen molar-refractivity contribution in [3.8, 4) is 0 Å². The van der Waals surface area contributed by atoms with E-state index in [1.54, 1.807) is 0 Å². The standard InChI is InChI=1S/C8H20N4/c1-9(2)8-10(3)6-7-11(4)12(8)5/h8H,6-7H2,1-5H3. The Kier molecular flexibility index (Phi) is 3.06. The second-order valence-electron chi connectivity index (χ2n) is 3.75. The number of hydrogen-bond donors (Lipinski definition) is 0. The summed E-state index contributed by atoms with van der Waals surface area (Å²) >= 11 is 0. The first kappa shape index (κ1) is 9.92. The van der Waals surface area contributed by atoms with Gasteiger partial charge in [0.05, 0.1) is 0 Å². The smallest absolute Gasteiger partial charge is 0.131 e. The van der Waals surface area contributed by atoms with Gasteiger partial charge in [-0.05, 0) is 21.1 Å². The Balaban J connectivity index is 2.65. The van der Waals surface area contributed by atoms with E-state index in [9.17, 15) is 0 Å². The summed E-state index contributed by atoms with van der Waals surface area (Å²) in [4.78, 5) is 4.57. The predicted octanol–water partition coefficient (Wildman–Crippen LogP) is -0.444. The molecule has 1 heterocycles. The van der Waals surface area contributed by atoms with Gasteiger partial charge in [-0.3, -0.25) is 9.80 Å². The monoisotopic (exact) mass is 172 g/mol. The summed E-state index contributed by atoms with van der Waals surface area (Å²) in [5.74, 6) is 0. The van der Waals surface area contributed by atoms with Crippen LogP contribution in [0.4, 0.5) is 0 Å². The van der Waals surface area contributed by atoms with Crippen molar-refractivity contribution >= 4 is 0 Å². The first-order valence-corrected chi connectivity index (χ1v) is 4.34. The van der Waals surface area contributed by atoms with Gasteiger partial charge in [0, 0.05) is 27.2 Å². The van der Waals surface area contributed by atoms with Crippen molar-refractivity contribution < 1.29 is 0 Å². The average molecular weight is 172 g/mol. The molecule has 4 nitrogen and oxygen atoms in total.